The van der Waals surface area contributed by atoms with Crippen LogP contribution in [0.1, 0.15) is 30.1 Å². The zero-order valence-electron chi connectivity index (χ0n) is 10.4. The van der Waals surface area contributed by atoms with Crippen LogP contribution in [0.4, 0.5) is 5.69 Å². The Morgan fingerprint density at radius 2 is 2.17 bits per heavy atom. The number of nitrogens with zero attached hydrogens (tertiary/aromatic N) is 1. The van der Waals surface area contributed by atoms with E-state index < -0.39 is 11.9 Å². The SMILES string of the molecule is CC(CN1CCCC(=O)c2ccccc21)C(=O)O. The van der Waals surface area contributed by atoms with Crippen LogP contribution in [0.3, 0.4) is 0 Å². The van der Waals surface area contributed by atoms with E-state index in [2.05, 4.69) is 0 Å². The van der Waals surface area contributed by atoms with Crippen molar-refractivity contribution in [3.8, 4) is 0 Å². The summed E-state index contributed by atoms with van der Waals surface area (Å²) in [6, 6.07) is 7.45. The molecule has 18 heavy (non-hydrogen) atoms. The third-order valence-corrected chi connectivity index (χ3v) is 3.29. The van der Waals surface area contributed by atoms with Gasteiger partial charge in [-0.15, -0.1) is 0 Å². The fourth-order valence-electron chi connectivity index (χ4n) is 2.27. The summed E-state index contributed by atoms with van der Waals surface area (Å²) < 4.78 is 0. The van der Waals surface area contributed by atoms with Crippen LogP contribution in [0.5, 0.6) is 0 Å². The van der Waals surface area contributed by atoms with Crippen LogP contribution in [-0.2, 0) is 4.79 Å². The van der Waals surface area contributed by atoms with Gasteiger partial charge in [0, 0.05) is 30.8 Å². The lowest BCUT2D eigenvalue weighted by Gasteiger charge is -2.26. The van der Waals surface area contributed by atoms with Crippen molar-refractivity contribution in [2.75, 3.05) is 18.0 Å². The van der Waals surface area contributed by atoms with E-state index in [0.29, 0.717) is 18.5 Å². The number of ketones is 1. The number of hydrogen-bond donors (Lipinski definition) is 1. The first kappa shape index (κ1) is 12.6. The third-order valence-electron chi connectivity index (χ3n) is 3.29. The normalized spacial score (nSPS) is 16.9. The minimum absolute atomic E-state index is 0.149. The van der Waals surface area contributed by atoms with Gasteiger partial charge in [0.25, 0.3) is 0 Å². The molecule has 1 aromatic carbocycles. The van der Waals surface area contributed by atoms with Gasteiger partial charge in [-0.2, -0.15) is 0 Å². The van der Waals surface area contributed by atoms with Gasteiger partial charge in [-0.25, -0.2) is 0 Å². The fourth-order valence-corrected chi connectivity index (χ4v) is 2.27. The van der Waals surface area contributed by atoms with E-state index in [1.807, 2.05) is 29.2 Å². The number of carboxylic acid groups (broad SMARTS) is 1. The number of hydrogen-bond acceptors (Lipinski definition) is 3. The third kappa shape index (κ3) is 2.53. The first-order chi connectivity index (χ1) is 8.59. The maximum atomic E-state index is 11.9. The van der Waals surface area contributed by atoms with E-state index in [1.54, 1.807) is 6.92 Å². The first-order valence-electron chi connectivity index (χ1n) is 6.19. The Hall–Kier alpha value is -1.84. The minimum atomic E-state index is -0.803. The highest BCUT2D eigenvalue weighted by molar-refractivity contribution is 6.02. The number of carbonyl (C=O) groups is 2. The average Bonchev–Trinajstić information content (AvgIpc) is 2.51. The lowest BCUT2D eigenvalue weighted by atomic mass is 10.1. The molecule has 1 aliphatic rings. The van der Waals surface area contributed by atoms with Crippen molar-refractivity contribution in [2.24, 2.45) is 5.92 Å². The first-order valence-corrected chi connectivity index (χ1v) is 6.19. The number of aliphatic carboxylic acids is 1. The Bertz CT molecular complexity index is 470. The molecule has 0 amide bonds. The number of carbonyl (C=O) groups excluding carboxylic acids is 1. The molecule has 0 fully saturated rings. The van der Waals surface area contributed by atoms with Gasteiger partial charge in [-0.3, -0.25) is 9.59 Å². The van der Waals surface area contributed by atoms with Crippen LogP contribution < -0.4 is 4.90 Å². The molecule has 4 heteroatoms. The van der Waals surface area contributed by atoms with Crippen LogP contribution in [0.2, 0.25) is 0 Å². The molecule has 0 spiro atoms. The number of para-hydroxylation sites is 1. The maximum absolute atomic E-state index is 11.9. The number of carboxylic acids is 1. The van der Waals surface area contributed by atoms with Crippen LogP contribution >= 0.6 is 0 Å². The van der Waals surface area contributed by atoms with Gasteiger partial charge < -0.3 is 10.0 Å². The van der Waals surface area contributed by atoms with Gasteiger partial charge >= 0.3 is 5.97 Å². The number of anilines is 1. The Kier molecular flexibility index (Phi) is 3.65. The standard InChI is InChI=1S/C14H17NO3/c1-10(14(17)18)9-15-8-4-7-13(16)11-5-2-3-6-12(11)15/h2-3,5-6,10H,4,7-9H2,1H3,(H,17,18). The molecule has 1 atom stereocenters. The quantitative estimate of drug-likeness (QED) is 0.889. The van der Waals surface area contributed by atoms with E-state index in [9.17, 15) is 9.59 Å². The summed E-state index contributed by atoms with van der Waals surface area (Å²) >= 11 is 0. The van der Waals surface area contributed by atoms with Crippen LogP contribution in [0.15, 0.2) is 24.3 Å². The van der Waals surface area contributed by atoms with E-state index in [-0.39, 0.29) is 5.78 Å². The van der Waals surface area contributed by atoms with Gasteiger partial charge in [0.15, 0.2) is 5.78 Å². The Labute approximate surface area is 106 Å². The molecule has 0 bridgehead atoms. The number of benzene rings is 1. The van der Waals surface area contributed by atoms with Crippen LogP contribution in [0, 0.1) is 5.92 Å². The maximum Gasteiger partial charge on any atom is 0.308 e. The van der Waals surface area contributed by atoms with E-state index >= 15 is 0 Å². The van der Waals surface area contributed by atoms with Crippen molar-refractivity contribution >= 4 is 17.4 Å². The molecule has 96 valence electrons. The largest absolute Gasteiger partial charge is 0.481 e. The molecule has 0 saturated heterocycles. The van der Waals surface area contributed by atoms with Crippen molar-refractivity contribution in [1.29, 1.82) is 0 Å². The molecular formula is C14H17NO3. The molecule has 2 rings (SSSR count). The molecule has 1 aromatic rings. The lowest BCUT2D eigenvalue weighted by Crippen LogP contribution is -2.32. The molecule has 4 nitrogen and oxygen atoms in total. The highest BCUT2D eigenvalue weighted by Crippen LogP contribution is 2.26. The summed E-state index contributed by atoms with van der Waals surface area (Å²) in [7, 11) is 0. The summed E-state index contributed by atoms with van der Waals surface area (Å²) in [5.41, 5.74) is 1.58. The topological polar surface area (TPSA) is 57.6 Å². The summed E-state index contributed by atoms with van der Waals surface area (Å²) in [6.45, 7) is 2.87. The summed E-state index contributed by atoms with van der Waals surface area (Å²) in [5.74, 6) is -1.09. The van der Waals surface area contributed by atoms with Gasteiger partial charge in [0.1, 0.15) is 0 Å². The summed E-state index contributed by atoms with van der Waals surface area (Å²) in [6.07, 6.45) is 1.31. The van der Waals surface area contributed by atoms with Crippen molar-refractivity contribution in [2.45, 2.75) is 19.8 Å². The van der Waals surface area contributed by atoms with Gasteiger partial charge in [0.05, 0.1) is 5.92 Å². The zero-order chi connectivity index (χ0) is 13.1. The predicted molar refractivity (Wildman–Crippen MR) is 69.0 cm³/mol. The molecular weight excluding hydrogens is 230 g/mol. The van der Waals surface area contributed by atoms with Crippen LogP contribution in [-0.4, -0.2) is 29.9 Å². The van der Waals surface area contributed by atoms with Crippen molar-refractivity contribution in [3.63, 3.8) is 0 Å². The number of rotatable bonds is 3. The molecule has 0 radical (unpaired) electrons. The molecule has 1 unspecified atom stereocenters. The van der Waals surface area contributed by atoms with E-state index in [0.717, 1.165) is 18.7 Å². The molecule has 0 saturated carbocycles. The Morgan fingerprint density at radius 3 is 2.89 bits per heavy atom. The molecule has 1 N–H and O–H groups in total. The second kappa shape index (κ2) is 5.21. The Morgan fingerprint density at radius 1 is 1.44 bits per heavy atom. The molecule has 0 aliphatic carbocycles. The van der Waals surface area contributed by atoms with Crippen LogP contribution in [0.25, 0.3) is 0 Å². The Balaban J connectivity index is 2.29. The number of fused-ring (bicyclic) bond motifs is 1. The average molecular weight is 247 g/mol. The second-order valence-corrected chi connectivity index (χ2v) is 4.73. The monoisotopic (exact) mass is 247 g/mol. The minimum Gasteiger partial charge on any atom is -0.481 e. The lowest BCUT2D eigenvalue weighted by molar-refractivity contribution is -0.140. The second-order valence-electron chi connectivity index (χ2n) is 4.73. The highest BCUT2D eigenvalue weighted by atomic mass is 16.4. The molecule has 1 aliphatic heterocycles. The van der Waals surface area contributed by atoms with E-state index in [4.69, 9.17) is 5.11 Å². The highest BCUT2D eigenvalue weighted by Gasteiger charge is 2.23. The summed E-state index contributed by atoms with van der Waals surface area (Å²) in [5, 5.41) is 8.99. The zero-order valence-corrected chi connectivity index (χ0v) is 10.4. The van der Waals surface area contributed by atoms with Crippen molar-refractivity contribution in [3.05, 3.63) is 29.8 Å². The predicted octanol–water partition coefficient (Wildman–Crippen LogP) is 2.19. The molecule has 0 aromatic heterocycles. The van der Waals surface area contributed by atoms with Crippen molar-refractivity contribution in [1.82, 2.24) is 0 Å². The number of Topliss-reactive ketones (excluding diaryl/α,β-unsaturated/α-hetero) is 1. The van der Waals surface area contributed by atoms with E-state index in [1.165, 1.54) is 0 Å². The van der Waals surface area contributed by atoms with Crippen molar-refractivity contribution < 1.29 is 14.7 Å². The molecule has 1 heterocycles. The van der Waals surface area contributed by atoms with Gasteiger partial charge in [0.2, 0.25) is 0 Å². The van der Waals surface area contributed by atoms with Gasteiger partial charge in [-0.05, 0) is 18.6 Å². The van der Waals surface area contributed by atoms with Gasteiger partial charge in [-0.1, -0.05) is 19.1 Å². The fraction of sp³-hybridized carbons (Fsp3) is 0.429. The summed E-state index contributed by atoms with van der Waals surface area (Å²) in [4.78, 5) is 24.9. The smallest absolute Gasteiger partial charge is 0.308 e.